The summed E-state index contributed by atoms with van der Waals surface area (Å²) in [6.45, 7) is 5.28. The Balaban J connectivity index is 1.26. The first-order valence-corrected chi connectivity index (χ1v) is 13.7. The Kier molecular flexibility index (Phi) is 7.32. The number of piperazine rings is 1. The molecule has 4 rings (SSSR count). The predicted octanol–water partition coefficient (Wildman–Crippen LogP) is 3.52. The number of aromatic nitrogens is 2. The molecule has 0 radical (unpaired) electrons. The Bertz CT molecular complexity index is 1200. The van der Waals surface area contributed by atoms with E-state index >= 15 is 0 Å². The van der Waals surface area contributed by atoms with Crippen LogP contribution in [0.15, 0.2) is 57.8 Å². The zero-order valence-electron chi connectivity index (χ0n) is 18.4. The van der Waals surface area contributed by atoms with E-state index in [-0.39, 0.29) is 29.6 Å². The summed E-state index contributed by atoms with van der Waals surface area (Å²) in [4.78, 5) is 14.6. The summed E-state index contributed by atoms with van der Waals surface area (Å²) in [5, 5.41) is 12.2. The van der Waals surface area contributed by atoms with E-state index in [1.165, 1.54) is 33.0 Å². The second-order valence-corrected chi connectivity index (χ2v) is 11.9. The third kappa shape index (κ3) is 5.91. The lowest BCUT2D eigenvalue weighted by atomic mass is 10.2. The van der Waals surface area contributed by atoms with Crippen molar-refractivity contribution in [1.82, 2.24) is 19.4 Å². The van der Waals surface area contributed by atoms with Crippen molar-refractivity contribution in [1.29, 1.82) is 0 Å². The number of amides is 1. The summed E-state index contributed by atoms with van der Waals surface area (Å²) >= 11 is 2.74. The number of nitrogens with zero attached hydrogens (tertiary/aromatic N) is 4. The van der Waals surface area contributed by atoms with E-state index in [0.29, 0.717) is 22.6 Å². The topological polar surface area (TPSA) is 95.5 Å². The van der Waals surface area contributed by atoms with Crippen LogP contribution in [0.1, 0.15) is 11.1 Å². The van der Waals surface area contributed by atoms with Crippen molar-refractivity contribution in [2.75, 3.05) is 37.2 Å². The van der Waals surface area contributed by atoms with Gasteiger partial charge in [-0.2, -0.15) is 4.31 Å². The van der Waals surface area contributed by atoms with Gasteiger partial charge < -0.3 is 10.2 Å². The largest absolute Gasteiger partial charge is 0.339 e. The highest BCUT2D eigenvalue weighted by Crippen LogP contribution is 2.28. The van der Waals surface area contributed by atoms with E-state index in [0.717, 1.165) is 11.3 Å². The third-order valence-electron chi connectivity index (χ3n) is 5.28. The molecule has 3 aromatic rings. The van der Waals surface area contributed by atoms with Gasteiger partial charge in [0, 0.05) is 31.9 Å². The maximum absolute atomic E-state index is 12.8. The summed E-state index contributed by atoms with van der Waals surface area (Å²) in [6.07, 6.45) is 0. The summed E-state index contributed by atoms with van der Waals surface area (Å²) in [7, 11) is -3.54. The SMILES string of the molecule is Cc1ccc(Nc2nnc(SCC(=O)N3CCN(S(=O)(=O)c4ccc(C)cc4)CC3)s2)cc1. The molecule has 1 aliphatic heterocycles. The molecule has 33 heavy (non-hydrogen) atoms. The van der Waals surface area contributed by atoms with Gasteiger partial charge >= 0.3 is 0 Å². The summed E-state index contributed by atoms with van der Waals surface area (Å²) < 4.78 is 27.8. The minimum Gasteiger partial charge on any atom is -0.339 e. The molecular formula is C22H25N5O3S3. The monoisotopic (exact) mass is 503 g/mol. The molecule has 0 spiro atoms. The second-order valence-electron chi connectivity index (χ2n) is 7.75. The highest BCUT2D eigenvalue weighted by molar-refractivity contribution is 8.01. The van der Waals surface area contributed by atoms with Crippen LogP contribution < -0.4 is 5.32 Å². The Labute approximate surface area is 202 Å². The number of nitrogens with one attached hydrogen (secondary N) is 1. The van der Waals surface area contributed by atoms with Gasteiger partial charge in [0.15, 0.2) is 4.34 Å². The van der Waals surface area contributed by atoms with Gasteiger partial charge in [-0.1, -0.05) is 58.5 Å². The van der Waals surface area contributed by atoms with Crippen LogP contribution in [0.25, 0.3) is 0 Å². The van der Waals surface area contributed by atoms with Gasteiger partial charge in [0.05, 0.1) is 10.6 Å². The zero-order valence-corrected chi connectivity index (χ0v) is 20.8. The van der Waals surface area contributed by atoms with E-state index < -0.39 is 10.0 Å². The quantitative estimate of drug-likeness (QED) is 0.493. The molecule has 2 heterocycles. The van der Waals surface area contributed by atoms with Gasteiger partial charge in [-0.25, -0.2) is 8.42 Å². The number of aryl methyl sites for hydroxylation is 2. The fraction of sp³-hybridized carbons (Fsp3) is 0.318. The van der Waals surface area contributed by atoms with Crippen LogP contribution in [0.4, 0.5) is 10.8 Å². The van der Waals surface area contributed by atoms with Gasteiger partial charge in [0.1, 0.15) is 0 Å². The maximum Gasteiger partial charge on any atom is 0.243 e. The van der Waals surface area contributed by atoms with E-state index in [1.807, 2.05) is 38.1 Å². The van der Waals surface area contributed by atoms with Crippen LogP contribution in [-0.2, 0) is 14.8 Å². The molecule has 1 saturated heterocycles. The molecule has 1 amide bonds. The minimum absolute atomic E-state index is 0.0318. The van der Waals surface area contributed by atoms with Crippen LogP contribution >= 0.6 is 23.1 Å². The number of carbonyl (C=O) groups is 1. The number of anilines is 2. The van der Waals surface area contributed by atoms with Crippen LogP contribution in [0, 0.1) is 13.8 Å². The standard InChI is InChI=1S/C22H25N5O3S3/c1-16-3-7-18(8-4-16)23-21-24-25-22(32-21)31-15-20(28)26-11-13-27(14-12-26)33(29,30)19-9-5-17(2)6-10-19/h3-10H,11-15H2,1-2H3,(H,23,24). The van der Waals surface area contributed by atoms with E-state index in [2.05, 4.69) is 15.5 Å². The van der Waals surface area contributed by atoms with Gasteiger partial charge in [-0.15, -0.1) is 10.2 Å². The normalized spacial score (nSPS) is 14.9. The second kappa shape index (κ2) is 10.2. The van der Waals surface area contributed by atoms with E-state index in [1.54, 1.807) is 29.2 Å². The molecule has 11 heteroatoms. The van der Waals surface area contributed by atoms with Crippen molar-refractivity contribution in [2.24, 2.45) is 0 Å². The van der Waals surface area contributed by atoms with E-state index in [4.69, 9.17) is 0 Å². The molecule has 0 saturated carbocycles. The third-order valence-corrected chi connectivity index (χ3v) is 9.15. The first-order valence-electron chi connectivity index (χ1n) is 10.5. The van der Waals surface area contributed by atoms with Gasteiger partial charge in [0.2, 0.25) is 21.1 Å². The lowest BCUT2D eigenvalue weighted by molar-refractivity contribution is -0.129. The molecule has 1 aliphatic rings. The molecular weight excluding hydrogens is 478 g/mol. The maximum atomic E-state index is 12.8. The fourth-order valence-electron chi connectivity index (χ4n) is 3.33. The predicted molar refractivity (Wildman–Crippen MR) is 132 cm³/mol. The molecule has 0 bridgehead atoms. The highest BCUT2D eigenvalue weighted by Gasteiger charge is 2.30. The van der Waals surface area contributed by atoms with Crippen molar-refractivity contribution in [3.05, 3.63) is 59.7 Å². The van der Waals surface area contributed by atoms with Gasteiger partial charge in [0.25, 0.3) is 0 Å². The molecule has 2 aromatic carbocycles. The molecule has 1 aromatic heterocycles. The number of hydrogen-bond donors (Lipinski definition) is 1. The molecule has 0 aliphatic carbocycles. The molecule has 8 nitrogen and oxygen atoms in total. The lowest BCUT2D eigenvalue weighted by Crippen LogP contribution is -2.50. The van der Waals surface area contributed by atoms with Crippen molar-refractivity contribution < 1.29 is 13.2 Å². The summed E-state index contributed by atoms with van der Waals surface area (Å²) in [5.41, 5.74) is 3.12. The molecule has 0 atom stereocenters. The Morgan fingerprint density at radius 1 is 0.970 bits per heavy atom. The van der Waals surface area contributed by atoms with Gasteiger partial charge in [-0.05, 0) is 38.1 Å². The molecule has 0 unspecified atom stereocenters. The Hall–Kier alpha value is -2.47. The highest BCUT2D eigenvalue weighted by atomic mass is 32.2. The average Bonchev–Trinajstić information content (AvgIpc) is 3.26. The Morgan fingerprint density at radius 2 is 1.58 bits per heavy atom. The minimum atomic E-state index is -3.54. The number of benzene rings is 2. The van der Waals surface area contributed by atoms with E-state index in [9.17, 15) is 13.2 Å². The number of rotatable bonds is 7. The van der Waals surface area contributed by atoms with Crippen LogP contribution in [-0.4, -0.2) is 65.7 Å². The molecule has 1 fully saturated rings. The first-order chi connectivity index (χ1) is 15.8. The zero-order chi connectivity index (χ0) is 23.4. The number of hydrogen-bond acceptors (Lipinski definition) is 8. The Morgan fingerprint density at radius 3 is 2.21 bits per heavy atom. The fourth-order valence-corrected chi connectivity index (χ4v) is 6.43. The number of sulfonamides is 1. The lowest BCUT2D eigenvalue weighted by Gasteiger charge is -2.34. The summed E-state index contributed by atoms with van der Waals surface area (Å²) in [5.74, 6) is 0.208. The first kappa shape index (κ1) is 23.7. The van der Waals surface area contributed by atoms with Crippen molar-refractivity contribution in [2.45, 2.75) is 23.1 Å². The number of carbonyl (C=O) groups excluding carboxylic acids is 1. The van der Waals surface area contributed by atoms with Crippen molar-refractivity contribution >= 4 is 49.8 Å². The van der Waals surface area contributed by atoms with Crippen LogP contribution in [0.2, 0.25) is 0 Å². The number of thioether (sulfide) groups is 1. The molecule has 1 N–H and O–H groups in total. The van der Waals surface area contributed by atoms with Gasteiger partial charge in [-0.3, -0.25) is 4.79 Å². The van der Waals surface area contributed by atoms with Crippen LogP contribution in [0.5, 0.6) is 0 Å². The molecule has 174 valence electrons. The van der Waals surface area contributed by atoms with Crippen molar-refractivity contribution in [3.8, 4) is 0 Å². The summed E-state index contributed by atoms with van der Waals surface area (Å²) in [6, 6.07) is 14.8. The van der Waals surface area contributed by atoms with Crippen LogP contribution in [0.3, 0.4) is 0 Å². The average molecular weight is 504 g/mol. The van der Waals surface area contributed by atoms with Crippen molar-refractivity contribution in [3.63, 3.8) is 0 Å². The smallest absolute Gasteiger partial charge is 0.243 e.